The molecule has 0 heterocycles. The highest BCUT2D eigenvalue weighted by molar-refractivity contribution is 5.73. The van der Waals surface area contributed by atoms with Gasteiger partial charge in [-0.1, -0.05) is 24.2 Å². The molecule has 6 nitrogen and oxygen atoms in total. The van der Waals surface area contributed by atoms with Crippen molar-refractivity contribution in [2.75, 3.05) is 18.0 Å². The Bertz CT molecular complexity index is 512. The first kappa shape index (κ1) is 16.4. The molecule has 0 aliphatic heterocycles. The fourth-order valence-corrected chi connectivity index (χ4v) is 2.28. The molecule has 0 unspecified atom stereocenters. The van der Waals surface area contributed by atoms with E-state index < -0.39 is 11.1 Å². The summed E-state index contributed by atoms with van der Waals surface area (Å²) in [6, 6.07) is 3.46. The van der Waals surface area contributed by atoms with E-state index in [2.05, 4.69) is 5.18 Å². The number of nitrogen functional groups attached to an aromatic ring is 2. The second-order valence-corrected chi connectivity index (χ2v) is 5.89. The minimum Gasteiger partial charge on any atom is -0.785 e. The van der Waals surface area contributed by atoms with Crippen LogP contribution < -0.4 is 11.5 Å². The minimum atomic E-state index is -0.956. The number of hydroxylamine groups is 2. The van der Waals surface area contributed by atoms with Gasteiger partial charge in [-0.15, -0.1) is 4.91 Å². The smallest absolute Gasteiger partial charge is 0.124 e. The monoisotopic (exact) mass is 279 g/mol. The Kier molecular flexibility index (Phi) is 4.41. The average Bonchev–Trinajstić information content (AvgIpc) is 2.40. The van der Waals surface area contributed by atoms with E-state index in [0.29, 0.717) is 29.0 Å². The fourth-order valence-electron chi connectivity index (χ4n) is 2.28. The molecule has 0 amide bonds. The summed E-state index contributed by atoms with van der Waals surface area (Å²) >= 11 is 0. The maximum Gasteiger partial charge on any atom is 0.124 e. The second-order valence-electron chi connectivity index (χ2n) is 5.89. The summed E-state index contributed by atoms with van der Waals surface area (Å²) < 4.78 is 0. The molecule has 4 N–H and O–H groups in total. The Morgan fingerprint density at radius 1 is 1.15 bits per heavy atom. The number of benzene rings is 1. The number of nitrogens with two attached hydrogens (primary N) is 2. The van der Waals surface area contributed by atoms with Crippen LogP contribution >= 0.6 is 0 Å². The van der Waals surface area contributed by atoms with Crippen LogP contribution in [0.2, 0.25) is 0 Å². The maximum atomic E-state index is 12.0. The molecule has 112 valence electrons. The van der Waals surface area contributed by atoms with Gasteiger partial charge in [0.1, 0.15) is 5.54 Å². The van der Waals surface area contributed by atoms with Crippen molar-refractivity contribution in [3.63, 3.8) is 0 Å². The maximum absolute atomic E-state index is 12.0. The van der Waals surface area contributed by atoms with E-state index >= 15 is 0 Å². The van der Waals surface area contributed by atoms with Crippen LogP contribution in [0.1, 0.15) is 45.7 Å². The van der Waals surface area contributed by atoms with Crippen molar-refractivity contribution in [3.05, 3.63) is 33.4 Å². The van der Waals surface area contributed by atoms with Gasteiger partial charge in [-0.3, -0.25) is 0 Å². The first-order chi connectivity index (χ1) is 9.09. The van der Waals surface area contributed by atoms with Crippen molar-refractivity contribution in [2.45, 2.75) is 45.7 Å². The number of nitroso groups, excluding NO2 is 1. The number of hydrogen-bond donors (Lipinski definition) is 2. The van der Waals surface area contributed by atoms with Crippen LogP contribution in [0.5, 0.6) is 0 Å². The Balaban J connectivity index is 3.43. The van der Waals surface area contributed by atoms with Crippen molar-refractivity contribution in [1.82, 2.24) is 5.06 Å². The van der Waals surface area contributed by atoms with Gasteiger partial charge in [0.25, 0.3) is 0 Å². The van der Waals surface area contributed by atoms with Crippen LogP contribution in [0.25, 0.3) is 0 Å². The molecule has 0 spiro atoms. The molecule has 0 bridgehead atoms. The van der Waals surface area contributed by atoms with E-state index in [1.54, 1.807) is 46.8 Å². The lowest BCUT2D eigenvalue weighted by Gasteiger charge is -2.44. The molecule has 0 aliphatic rings. The van der Waals surface area contributed by atoms with Gasteiger partial charge in [-0.2, -0.15) is 0 Å². The molecule has 20 heavy (non-hydrogen) atoms. The molecule has 0 saturated heterocycles. The molecule has 1 rings (SSSR count). The van der Waals surface area contributed by atoms with Crippen LogP contribution in [-0.2, 0) is 11.1 Å². The third kappa shape index (κ3) is 2.62. The Morgan fingerprint density at radius 3 is 2.05 bits per heavy atom. The number of rotatable bonds is 5. The molecule has 0 aliphatic carbocycles. The van der Waals surface area contributed by atoms with Crippen molar-refractivity contribution >= 4 is 11.4 Å². The molecule has 1 aromatic rings. The topological polar surface area (TPSA) is 108 Å². The van der Waals surface area contributed by atoms with Gasteiger partial charge in [0.15, 0.2) is 0 Å². The Hall–Kier alpha value is -1.66. The number of anilines is 2. The lowest BCUT2D eigenvalue weighted by molar-refractivity contribution is 0.197. The predicted molar refractivity (Wildman–Crippen MR) is 82.9 cm³/mol. The SMILES string of the molecule is CCN([O-])C(C)(C)c1ccc(C(C)(C)N=O)c(N)c1N. The standard InChI is InChI=1S/C14H23N4O2/c1-6-18(20)14(4,5)10-8-7-9(11(15)12(10)16)13(2,3)17-19/h7-8H,6,15-16H2,1-5H3/q-1. The zero-order valence-corrected chi connectivity index (χ0v) is 12.7. The van der Waals surface area contributed by atoms with Gasteiger partial charge < -0.3 is 21.7 Å². The van der Waals surface area contributed by atoms with Gasteiger partial charge in [-0.05, 0) is 39.8 Å². The summed E-state index contributed by atoms with van der Waals surface area (Å²) in [5, 5.41) is 16.0. The average molecular weight is 279 g/mol. The number of hydrogen-bond acceptors (Lipinski definition) is 6. The first-order valence-electron chi connectivity index (χ1n) is 6.57. The van der Waals surface area contributed by atoms with Crippen LogP contribution in [0.3, 0.4) is 0 Å². The highest BCUT2D eigenvalue weighted by Gasteiger charge is 2.30. The molecular formula is C14H23N4O2-. The molecule has 0 radical (unpaired) electrons. The molecule has 0 fully saturated rings. The Labute approximate surface area is 119 Å². The van der Waals surface area contributed by atoms with Crippen molar-refractivity contribution in [3.8, 4) is 0 Å². The molecular weight excluding hydrogens is 256 g/mol. The van der Waals surface area contributed by atoms with E-state index in [1.807, 2.05) is 0 Å². The summed E-state index contributed by atoms with van der Waals surface area (Å²) in [4.78, 5) is 10.9. The van der Waals surface area contributed by atoms with Gasteiger partial charge in [0, 0.05) is 11.1 Å². The highest BCUT2D eigenvalue weighted by atomic mass is 16.5. The van der Waals surface area contributed by atoms with Gasteiger partial charge >= 0.3 is 0 Å². The van der Waals surface area contributed by atoms with E-state index in [0.717, 1.165) is 5.06 Å². The molecule has 1 aromatic carbocycles. The third-order valence-corrected chi connectivity index (χ3v) is 3.74. The molecule has 0 aromatic heterocycles. The van der Waals surface area contributed by atoms with Crippen LogP contribution in [0.15, 0.2) is 17.3 Å². The quantitative estimate of drug-likeness (QED) is 0.489. The molecule has 0 atom stereocenters. The summed E-state index contributed by atoms with van der Waals surface area (Å²) in [5.74, 6) is 0. The summed E-state index contributed by atoms with van der Waals surface area (Å²) in [5.41, 5.74) is 12.2. The third-order valence-electron chi connectivity index (χ3n) is 3.74. The van der Waals surface area contributed by atoms with Crippen molar-refractivity contribution in [2.24, 2.45) is 5.18 Å². The first-order valence-corrected chi connectivity index (χ1v) is 6.57. The second kappa shape index (κ2) is 5.38. The Morgan fingerprint density at radius 2 is 1.60 bits per heavy atom. The van der Waals surface area contributed by atoms with Gasteiger partial charge in [0.05, 0.1) is 11.4 Å². The molecule has 0 saturated carbocycles. The largest absolute Gasteiger partial charge is 0.785 e. The van der Waals surface area contributed by atoms with E-state index in [-0.39, 0.29) is 0 Å². The van der Waals surface area contributed by atoms with E-state index in [1.165, 1.54) is 0 Å². The summed E-state index contributed by atoms with van der Waals surface area (Å²) in [7, 11) is 0. The normalized spacial score (nSPS) is 12.8. The predicted octanol–water partition coefficient (Wildman–Crippen LogP) is 2.91. The zero-order chi connectivity index (χ0) is 15.7. The van der Waals surface area contributed by atoms with Gasteiger partial charge in [0.2, 0.25) is 0 Å². The molecule has 6 heteroatoms. The van der Waals surface area contributed by atoms with Gasteiger partial charge in [-0.25, -0.2) is 0 Å². The van der Waals surface area contributed by atoms with Crippen molar-refractivity contribution in [1.29, 1.82) is 0 Å². The van der Waals surface area contributed by atoms with E-state index in [4.69, 9.17) is 11.5 Å². The lowest BCUT2D eigenvalue weighted by Crippen LogP contribution is -2.38. The van der Waals surface area contributed by atoms with Crippen LogP contribution in [0.4, 0.5) is 11.4 Å². The van der Waals surface area contributed by atoms with Crippen molar-refractivity contribution < 1.29 is 0 Å². The minimum absolute atomic E-state index is 0.310. The lowest BCUT2D eigenvalue weighted by atomic mass is 9.86. The zero-order valence-electron chi connectivity index (χ0n) is 12.7. The van der Waals surface area contributed by atoms with Crippen LogP contribution in [-0.4, -0.2) is 11.6 Å². The van der Waals surface area contributed by atoms with E-state index in [9.17, 15) is 10.1 Å². The highest BCUT2D eigenvalue weighted by Crippen LogP contribution is 2.39. The fraction of sp³-hybridized carbons (Fsp3) is 0.571. The summed E-state index contributed by atoms with van der Waals surface area (Å²) in [6.07, 6.45) is 0. The number of nitrogens with zero attached hydrogens (tertiary/aromatic N) is 2. The van der Waals surface area contributed by atoms with Crippen LogP contribution in [0, 0.1) is 10.1 Å². The summed E-state index contributed by atoms with van der Waals surface area (Å²) in [6.45, 7) is 9.04.